The summed E-state index contributed by atoms with van der Waals surface area (Å²) in [6.07, 6.45) is 0.998. The predicted octanol–water partition coefficient (Wildman–Crippen LogP) is 2.63. The molecule has 0 unspecified atom stereocenters. The van der Waals surface area contributed by atoms with Crippen LogP contribution in [0.4, 0.5) is 14.5 Å². The maximum absolute atomic E-state index is 13.8. The van der Waals surface area contributed by atoms with E-state index in [9.17, 15) is 25.6 Å². The Balaban J connectivity index is 1.92. The van der Waals surface area contributed by atoms with Crippen molar-refractivity contribution in [2.75, 3.05) is 11.0 Å². The van der Waals surface area contributed by atoms with E-state index in [1.807, 2.05) is 0 Å². The lowest BCUT2D eigenvalue weighted by atomic mass is 10.1. The van der Waals surface area contributed by atoms with Crippen LogP contribution < -0.4 is 4.72 Å². The Morgan fingerprint density at radius 2 is 1.64 bits per heavy atom. The second-order valence-electron chi connectivity index (χ2n) is 5.79. The molecule has 0 aliphatic rings. The Labute approximate surface area is 160 Å². The first-order valence-corrected chi connectivity index (χ1v) is 11.1. The molecule has 0 bridgehead atoms. The van der Waals surface area contributed by atoms with Crippen LogP contribution in [0.15, 0.2) is 64.5 Å². The molecular weight excluding hydrogens is 412 g/mol. The lowest BCUT2D eigenvalue weighted by Gasteiger charge is -2.10. The summed E-state index contributed by atoms with van der Waals surface area (Å²) in [4.78, 5) is -0.824. The van der Waals surface area contributed by atoms with Crippen molar-refractivity contribution in [2.45, 2.75) is 9.92 Å². The highest BCUT2D eigenvalue weighted by atomic mass is 32.2. The molecule has 0 aliphatic carbocycles. The molecule has 0 atom stereocenters. The van der Waals surface area contributed by atoms with Crippen LogP contribution in [0, 0.1) is 11.6 Å². The number of rotatable bonds is 5. The summed E-state index contributed by atoms with van der Waals surface area (Å²) in [7, 11) is -7.88. The number of halogens is 2. The van der Waals surface area contributed by atoms with Crippen LogP contribution in [0.3, 0.4) is 0 Å². The lowest BCUT2D eigenvalue weighted by molar-refractivity contribution is 0.555. The van der Waals surface area contributed by atoms with Crippen molar-refractivity contribution < 1.29 is 25.6 Å². The minimum Gasteiger partial charge on any atom is -0.280 e. The average molecular weight is 425 g/mol. The smallest absolute Gasteiger partial charge is 0.264 e. The summed E-state index contributed by atoms with van der Waals surface area (Å²) < 4.78 is 76.9. The first kappa shape index (κ1) is 19.8. The minimum absolute atomic E-state index is 0.0788. The number of aromatic nitrogens is 2. The molecule has 0 saturated heterocycles. The molecule has 2 aromatic carbocycles. The monoisotopic (exact) mass is 425 g/mol. The molecule has 1 N–H and O–H groups in total. The standard InChI is InChI=1S/C17H13F2N3O4S2/c1-27(23,24)17-8-7-15(20-21-17)11-3-2-4-13(9-11)22-28(25,26)16-10-12(18)5-6-14(16)19/h2-10,22H,1H3. The van der Waals surface area contributed by atoms with E-state index in [4.69, 9.17) is 0 Å². The number of anilines is 1. The van der Waals surface area contributed by atoms with Gasteiger partial charge in [0.05, 0.1) is 5.69 Å². The van der Waals surface area contributed by atoms with Gasteiger partial charge in [0.25, 0.3) is 10.0 Å². The Morgan fingerprint density at radius 3 is 2.29 bits per heavy atom. The third-order valence-electron chi connectivity index (χ3n) is 3.61. The van der Waals surface area contributed by atoms with Crippen LogP contribution in [0.2, 0.25) is 0 Å². The number of sulfonamides is 1. The summed E-state index contributed by atoms with van der Waals surface area (Å²) in [5, 5.41) is 7.25. The van der Waals surface area contributed by atoms with Gasteiger partial charge in [-0.15, -0.1) is 10.2 Å². The molecule has 3 aromatic rings. The van der Waals surface area contributed by atoms with Gasteiger partial charge in [0.2, 0.25) is 0 Å². The fraction of sp³-hybridized carbons (Fsp3) is 0.0588. The van der Waals surface area contributed by atoms with E-state index < -0.39 is 36.4 Å². The van der Waals surface area contributed by atoms with Crippen LogP contribution in [-0.4, -0.2) is 33.3 Å². The van der Waals surface area contributed by atoms with Gasteiger partial charge in [0.1, 0.15) is 16.5 Å². The van der Waals surface area contributed by atoms with E-state index in [-0.39, 0.29) is 10.7 Å². The fourth-order valence-electron chi connectivity index (χ4n) is 2.31. The van der Waals surface area contributed by atoms with Crippen LogP contribution in [0.25, 0.3) is 11.3 Å². The van der Waals surface area contributed by atoms with E-state index in [1.165, 1.54) is 30.3 Å². The van der Waals surface area contributed by atoms with Gasteiger partial charge in [0, 0.05) is 17.5 Å². The van der Waals surface area contributed by atoms with E-state index >= 15 is 0 Å². The molecule has 11 heteroatoms. The molecule has 146 valence electrons. The Hall–Kier alpha value is -2.92. The third-order valence-corrected chi connectivity index (χ3v) is 5.99. The molecule has 3 rings (SSSR count). The summed E-state index contributed by atoms with van der Waals surface area (Å²) in [5.41, 5.74) is 0.813. The second kappa shape index (κ2) is 7.24. The summed E-state index contributed by atoms with van der Waals surface area (Å²) in [6, 6.07) is 10.7. The molecular formula is C17H13F2N3O4S2. The van der Waals surface area contributed by atoms with Gasteiger partial charge in [-0.1, -0.05) is 12.1 Å². The summed E-state index contributed by atoms with van der Waals surface area (Å²) in [5.74, 6) is -1.98. The predicted molar refractivity (Wildman–Crippen MR) is 97.7 cm³/mol. The second-order valence-corrected chi connectivity index (χ2v) is 9.40. The fourth-order valence-corrected chi connectivity index (χ4v) is 3.95. The molecule has 0 spiro atoms. The first-order valence-electron chi connectivity index (χ1n) is 7.68. The van der Waals surface area contributed by atoms with Crippen molar-refractivity contribution in [1.29, 1.82) is 0 Å². The summed E-state index contributed by atoms with van der Waals surface area (Å²) >= 11 is 0. The van der Waals surface area contributed by atoms with Crippen molar-refractivity contribution in [3.8, 4) is 11.3 Å². The Kier molecular flexibility index (Phi) is 5.13. The van der Waals surface area contributed by atoms with Crippen LogP contribution in [0.5, 0.6) is 0 Å². The van der Waals surface area contributed by atoms with Gasteiger partial charge in [0.15, 0.2) is 14.9 Å². The van der Waals surface area contributed by atoms with Gasteiger partial charge in [-0.05, 0) is 42.5 Å². The Morgan fingerprint density at radius 1 is 0.893 bits per heavy atom. The molecule has 0 radical (unpaired) electrons. The van der Waals surface area contributed by atoms with Crippen LogP contribution in [-0.2, 0) is 19.9 Å². The number of hydrogen-bond donors (Lipinski definition) is 1. The van der Waals surface area contributed by atoms with Gasteiger partial charge in [-0.25, -0.2) is 25.6 Å². The van der Waals surface area contributed by atoms with Gasteiger partial charge < -0.3 is 0 Å². The molecule has 0 aliphatic heterocycles. The number of nitrogens with one attached hydrogen (secondary N) is 1. The van der Waals surface area contributed by atoms with Crippen LogP contribution >= 0.6 is 0 Å². The first-order chi connectivity index (χ1) is 13.1. The Bertz CT molecular complexity index is 1250. The highest BCUT2D eigenvalue weighted by Crippen LogP contribution is 2.24. The average Bonchev–Trinajstić information content (AvgIpc) is 2.63. The molecule has 0 fully saturated rings. The normalized spacial score (nSPS) is 12.0. The molecule has 1 heterocycles. The van der Waals surface area contributed by atoms with Gasteiger partial charge in [-0.2, -0.15) is 0 Å². The maximum Gasteiger partial charge on any atom is 0.264 e. The summed E-state index contributed by atoms with van der Waals surface area (Å²) in [6.45, 7) is 0. The van der Waals surface area contributed by atoms with Crippen LogP contribution in [0.1, 0.15) is 0 Å². The van der Waals surface area contributed by atoms with Crippen molar-refractivity contribution in [3.63, 3.8) is 0 Å². The number of hydrogen-bond acceptors (Lipinski definition) is 6. The minimum atomic E-state index is -4.37. The number of benzene rings is 2. The van der Waals surface area contributed by atoms with Crippen molar-refractivity contribution >= 4 is 25.5 Å². The zero-order chi connectivity index (χ0) is 20.5. The lowest BCUT2D eigenvalue weighted by Crippen LogP contribution is -2.15. The highest BCUT2D eigenvalue weighted by Gasteiger charge is 2.20. The highest BCUT2D eigenvalue weighted by molar-refractivity contribution is 7.92. The molecule has 0 amide bonds. The zero-order valence-corrected chi connectivity index (χ0v) is 15.9. The van der Waals surface area contributed by atoms with E-state index in [0.29, 0.717) is 17.3 Å². The number of sulfone groups is 1. The van der Waals surface area contributed by atoms with E-state index in [1.54, 1.807) is 6.07 Å². The maximum atomic E-state index is 13.8. The van der Waals surface area contributed by atoms with Crippen molar-refractivity contribution in [3.05, 3.63) is 66.2 Å². The van der Waals surface area contributed by atoms with Gasteiger partial charge >= 0.3 is 0 Å². The molecule has 28 heavy (non-hydrogen) atoms. The third kappa shape index (κ3) is 4.31. The van der Waals surface area contributed by atoms with Crippen molar-refractivity contribution in [1.82, 2.24) is 10.2 Å². The SMILES string of the molecule is CS(=O)(=O)c1ccc(-c2cccc(NS(=O)(=O)c3cc(F)ccc3F)c2)nn1. The molecule has 7 nitrogen and oxygen atoms in total. The number of nitrogens with zero attached hydrogens (tertiary/aromatic N) is 2. The van der Waals surface area contributed by atoms with Crippen molar-refractivity contribution in [2.24, 2.45) is 0 Å². The topological polar surface area (TPSA) is 106 Å². The largest absolute Gasteiger partial charge is 0.280 e. The molecule has 0 saturated carbocycles. The van der Waals surface area contributed by atoms with Gasteiger partial charge in [-0.3, -0.25) is 4.72 Å². The van der Waals surface area contributed by atoms with E-state index in [2.05, 4.69) is 14.9 Å². The molecule has 1 aromatic heterocycles. The quantitative estimate of drug-likeness (QED) is 0.674. The van der Waals surface area contributed by atoms with E-state index in [0.717, 1.165) is 18.4 Å². The zero-order valence-electron chi connectivity index (χ0n) is 14.3.